The second-order valence-corrected chi connectivity index (χ2v) is 3.67. The zero-order chi connectivity index (χ0) is 13.3. The number of nitrogens with two attached hydrogens (primary N) is 1. The number of pyridine rings is 1. The summed E-state index contributed by atoms with van der Waals surface area (Å²) in [6.45, 7) is 0. The minimum Gasteiger partial charge on any atom is -0.399 e. The van der Waals surface area contributed by atoms with E-state index in [1.165, 1.54) is 18.2 Å². The average molecular weight is 256 g/mol. The molecule has 2 aromatic rings. The minimum absolute atomic E-state index is 0.158. The van der Waals surface area contributed by atoms with E-state index >= 15 is 0 Å². The predicted octanol–water partition coefficient (Wildman–Crippen LogP) is 3.49. The lowest BCUT2D eigenvalue weighted by Crippen LogP contribution is -2.07. The number of rotatable bonds is 1. The molecule has 0 saturated heterocycles. The minimum atomic E-state index is -4.50. The van der Waals surface area contributed by atoms with Crippen LogP contribution in [-0.4, -0.2) is 4.98 Å². The maximum atomic E-state index is 13.5. The molecular weight excluding hydrogens is 248 g/mol. The highest BCUT2D eigenvalue weighted by Gasteiger charge is 2.32. The van der Waals surface area contributed by atoms with E-state index in [1.54, 1.807) is 0 Å². The van der Waals surface area contributed by atoms with Crippen molar-refractivity contribution in [1.29, 1.82) is 0 Å². The Morgan fingerprint density at radius 1 is 1.06 bits per heavy atom. The van der Waals surface area contributed by atoms with Crippen LogP contribution >= 0.6 is 0 Å². The van der Waals surface area contributed by atoms with E-state index in [1.807, 2.05) is 0 Å². The molecule has 2 N–H and O–H groups in total. The van der Waals surface area contributed by atoms with E-state index in [2.05, 4.69) is 4.98 Å². The molecule has 0 radical (unpaired) electrons. The second kappa shape index (κ2) is 4.29. The quantitative estimate of drug-likeness (QED) is 0.626. The molecule has 18 heavy (non-hydrogen) atoms. The van der Waals surface area contributed by atoms with Crippen LogP contribution in [0.1, 0.15) is 5.69 Å². The third kappa shape index (κ3) is 2.42. The first-order valence-electron chi connectivity index (χ1n) is 4.96. The largest absolute Gasteiger partial charge is 0.433 e. The molecular formula is C12H8F4N2. The zero-order valence-corrected chi connectivity index (χ0v) is 9.00. The van der Waals surface area contributed by atoms with Crippen LogP contribution in [0.25, 0.3) is 11.1 Å². The van der Waals surface area contributed by atoms with Crippen molar-refractivity contribution in [2.24, 2.45) is 0 Å². The second-order valence-electron chi connectivity index (χ2n) is 3.67. The molecule has 0 bridgehead atoms. The Hall–Kier alpha value is -2.11. The van der Waals surface area contributed by atoms with Crippen LogP contribution in [0, 0.1) is 5.82 Å². The number of halogens is 4. The van der Waals surface area contributed by atoms with Gasteiger partial charge in [-0.25, -0.2) is 4.39 Å². The molecule has 1 aromatic heterocycles. The van der Waals surface area contributed by atoms with Crippen LogP contribution < -0.4 is 5.73 Å². The summed E-state index contributed by atoms with van der Waals surface area (Å²) in [5.41, 5.74) is 5.04. The maximum Gasteiger partial charge on any atom is 0.433 e. The lowest BCUT2D eigenvalue weighted by Gasteiger charge is -2.07. The van der Waals surface area contributed by atoms with E-state index in [4.69, 9.17) is 5.73 Å². The van der Waals surface area contributed by atoms with Crippen molar-refractivity contribution in [2.75, 3.05) is 5.73 Å². The Morgan fingerprint density at radius 2 is 1.78 bits per heavy atom. The summed E-state index contributed by atoms with van der Waals surface area (Å²) in [6.07, 6.45) is -3.52. The summed E-state index contributed by atoms with van der Waals surface area (Å²) >= 11 is 0. The zero-order valence-electron chi connectivity index (χ0n) is 9.00. The smallest absolute Gasteiger partial charge is 0.399 e. The summed E-state index contributed by atoms with van der Waals surface area (Å²) in [5, 5.41) is 0. The Kier molecular flexibility index (Phi) is 2.94. The Balaban J connectivity index is 2.41. The number of alkyl halides is 3. The van der Waals surface area contributed by atoms with Gasteiger partial charge in [-0.15, -0.1) is 0 Å². The number of anilines is 1. The Bertz CT molecular complexity index is 561. The van der Waals surface area contributed by atoms with Crippen molar-refractivity contribution >= 4 is 5.69 Å². The normalized spacial score (nSPS) is 11.6. The third-order valence-electron chi connectivity index (χ3n) is 2.36. The van der Waals surface area contributed by atoms with Crippen LogP contribution in [0.5, 0.6) is 0 Å². The number of aromatic nitrogens is 1. The maximum absolute atomic E-state index is 13.5. The summed E-state index contributed by atoms with van der Waals surface area (Å²) in [4.78, 5) is 3.27. The standard InChI is InChI=1S/C12H8F4N2/c13-10-5-8(17)2-3-9(10)7-1-4-11(18-6-7)12(14,15)16/h1-6H,17H2. The lowest BCUT2D eigenvalue weighted by atomic mass is 10.1. The fraction of sp³-hybridized carbons (Fsp3) is 0.0833. The molecule has 0 spiro atoms. The molecule has 2 rings (SSSR count). The van der Waals surface area contributed by atoms with Gasteiger partial charge >= 0.3 is 6.18 Å². The molecule has 2 nitrogen and oxygen atoms in total. The van der Waals surface area contributed by atoms with Crippen molar-refractivity contribution in [2.45, 2.75) is 6.18 Å². The van der Waals surface area contributed by atoms with Crippen LogP contribution in [-0.2, 0) is 6.18 Å². The highest BCUT2D eigenvalue weighted by atomic mass is 19.4. The lowest BCUT2D eigenvalue weighted by molar-refractivity contribution is -0.141. The van der Waals surface area contributed by atoms with Gasteiger partial charge in [-0.3, -0.25) is 4.98 Å². The van der Waals surface area contributed by atoms with Crippen molar-refractivity contribution in [3.8, 4) is 11.1 Å². The molecule has 0 aliphatic heterocycles. The topological polar surface area (TPSA) is 38.9 Å². The number of nitrogen functional groups attached to an aromatic ring is 1. The molecule has 0 fully saturated rings. The van der Waals surface area contributed by atoms with Crippen LogP contribution in [0.3, 0.4) is 0 Å². The average Bonchev–Trinajstić information content (AvgIpc) is 2.28. The molecule has 94 valence electrons. The summed E-state index contributed by atoms with van der Waals surface area (Å²) < 4.78 is 50.4. The molecule has 0 atom stereocenters. The van der Waals surface area contributed by atoms with E-state index in [0.717, 1.165) is 18.3 Å². The SMILES string of the molecule is Nc1ccc(-c2ccc(C(F)(F)F)nc2)c(F)c1. The number of hydrogen-bond donors (Lipinski definition) is 1. The summed E-state index contributed by atoms with van der Waals surface area (Å²) in [6, 6.07) is 5.95. The van der Waals surface area contributed by atoms with Crippen molar-refractivity contribution in [1.82, 2.24) is 4.98 Å². The van der Waals surface area contributed by atoms with Gasteiger partial charge < -0.3 is 5.73 Å². The Morgan fingerprint density at radius 3 is 2.28 bits per heavy atom. The predicted molar refractivity (Wildman–Crippen MR) is 59.0 cm³/mol. The fourth-order valence-electron chi connectivity index (χ4n) is 1.49. The van der Waals surface area contributed by atoms with Crippen LogP contribution in [0.15, 0.2) is 36.5 Å². The van der Waals surface area contributed by atoms with Gasteiger partial charge in [0, 0.05) is 23.0 Å². The molecule has 1 aromatic carbocycles. The van der Waals surface area contributed by atoms with Crippen molar-refractivity contribution < 1.29 is 17.6 Å². The molecule has 0 aliphatic rings. The Labute approximate surface area is 100 Å². The van der Waals surface area contributed by atoms with Crippen LogP contribution in [0.2, 0.25) is 0 Å². The molecule has 0 unspecified atom stereocenters. The number of nitrogens with zero attached hydrogens (tertiary/aromatic N) is 1. The monoisotopic (exact) mass is 256 g/mol. The van der Waals surface area contributed by atoms with Gasteiger partial charge in [0.1, 0.15) is 11.5 Å². The molecule has 0 aliphatic carbocycles. The van der Waals surface area contributed by atoms with Gasteiger partial charge in [0.2, 0.25) is 0 Å². The molecule has 0 amide bonds. The van der Waals surface area contributed by atoms with Crippen molar-refractivity contribution in [3.05, 3.63) is 48.0 Å². The van der Waals surface area contributed by atoms with Crippen LogP contribution in [0.4, 0.5) is 23.2 Å². The number of hydrogen-bond acceptors (Lipinski definition) is 2. The molecule has 1 heterocycles. The summed E-state index contributed by atoms with van der Waals surface area (Å²) in [5.74, 6) is -0.600. The third-order valence-corrected chi connectivity index (χ3v) is 2.36. The first-order valence-corrected chi connectivity index (χ1v) is 4.96. The first kappa shape index (κ1) is 12.3. The highest BCUT2D eigenvalue weighted by Crippen LogP contribution is 2.30. The van der Waals surface area contributed by atoms with Gasteiger partial charge in [0.25, 0.3) is 0 Å². The van der Waals surface area contributed by atoms with E-state index < -0.39 is 17.7 Å². The van der Waals surface area contributed by atoms with E-state index in [0.29, 0.717) is 0 Å². The fourth-order valence-corrected chi connectivity index (χ4v) is 1.49. The van der Waals surface area contributed by atoms with Gasteiger partial charge in [0.15, 0.2) is 0 Å². The van der Waals surface area contributed by atoms with Gasteiger partial charge in [-0.1, -0.05) is 6.07 Å². The highest BCUT2D eigenvalue weighted by molar-refractivity contribution is 5.65. The summed E-state index contributed by atoms with van der Waals surface area (Å²) in [7, 11) is 0. The van der Waals surface area contributed by atoms with E-state index in [-0.39, 0.29) is 16.8 Å². The van der Waals surface area contributed by atoms with Gasteiger partial charge in [0.05, 0.1) is 0 Å². The molecule has 6 heteroatoms. The van der Waals surface area contributed by atoms with Crippen molar-refractivity contribution in [3.63, 3.8) is 0 Å². The number of benzene rings is 1. The first-order chi connectivity index (χ1) is 8.38. The van der Waals surface area contributed by atoms with Gasteiger partial charge in [-0.05, 0) is 24.3 Å². The van der Waals surface area contributed by atoms with Gasteiger partial charge in [-0.2, -0.15) is 13.2 Å². The molecule has 0 saturated carbocycles. The van der Waals surface area contributed by atoms with E-state index in [9.17, 15) is 17.6 Å².